The van der Waals surface area contributed by atoms with Gasteiger partial charge in [-0.15, -0.1) is 0 Å². The summed E-state index contributed by atoms with van der Waals surface area (Å²) >= 11 is 0. The Hall–Kier alpha value is -4.59. The fourth-order valence-corrected chi connectivity index (χ4v) is 5.21. The molecule has 8 heteroatoms. The number of carbonyl (C=O) groups excluding carboxylic acids is 1. The number of ether oxygens (including phenoxy) is 2. The number of hydrogen-bond donors (Lipinski definition) is 2. The Kier molecular flexibility index (Phi) is 4.99. The fourth-order valence-electron chi connectivity index (χ4n) is 5.21. The molecule has 2 aromatic carbocycles. The number of aromatic nitrogens is 4. The van der Waals surface area contributed by atoms with Gasteiger partial charge in [0.1, 0.15) is 28.9 Å². The van der Waals surface area contributed by atoms with E-state index in [4.69, 9.17) is 14.5 Å². The molecule has 1 atom stereocenters. The lowest BCUT2D eigenvalue weighted by Gasteiger charge is -2.25. The van der Waals surface area contributed by atoms with Crippen molar-refractivity contribution in [2.24, 2.45) is 7.05 Å². The average Bonchev–Trinajstić information content (AvgIpc) is 3.55. The second-order valence-corrected chi connectivity index (χ2v) is 9.64. The van der Waals surface area contributed by atoms with Gasteiger partial charge in [-0.3, -0.25) is 4.79 Å². The smallest absolute Gasteiger partial charge is 0.225 e. The lowest BCUT2D eigenvalue weighted by Crippen LogP contribution is -2.20. The molecule has 0 fully saturated rings. The van der Waals surface area contributed by atoms with E-state index >= 15 is 0 Å². The summed E-state index contributed by atoms with van der Waals surface area (Å²) < 4.78 is 14.5. The van der Waals surface area contributed by atoms with Gasteiger partial charge < -0.3 is 24.3 Å². The van der Waals surface area contributed by atoms with E-state index in [2.05, 4.69) is 57.4 Å². The van der Waals surface area contributed by atoms with Crippen LogP contribution in [-0.4, -0.2) is 32.0 Å². The van der Waals surface area contributed by atoms with Crippen molar-refractivity contribution in [3.05, 3.63) is 84.1 Å². The second-order valence-electron chi connectivity index (χ2n) is 9.64. The first-order valence-corrected chi connectivity index (χ1v) is 12.4. The van der Waals surface area contributed by atoms with Crippen LogP contribution in [0.5, 0.6) is 17.2 Å². The fraction of sp³-hybridized carbons (Fsp3) is 0.207. The molecule has 0 saturated heterocycles. The maximum atomic E-state index is 11.7. The van der Waals surface area contributed by atoms with Crippen LogP contribution in [0.25, 0.3) is 22.2 Å². The van der Waals surface area contributed by atoms with Gasteiger partial charge >= 0.3 is 0 Å². The minimum atomic E-state index is -0.0178. The van der Waals surface area contributed by atoms with E-state index in [1.165, 1.54) is 10.9 Å². The molecule has 0 radical (unpaired) electrons. The van der Waals surface area contributed by atoms with Gasteiger partial charge in [0.05, 0.1) is 18.2 Å². The molecule has 2 aliphatic heterocycles. The largest absolute Gasteiger partial charge is 0.493 e. The number of benzene rings is 2. The minimum Gasteiger partial charge on any atom is -0.493 e. The number of aryl methyl sites for hydroxylation is 1. The number of aromatic amines is 1. The van der Waals surface area contributed by atoms with Gasteiger partial charge in [0.15, 0.2) is 0 Å². The molecule has 1 unspecified atom stereocenters. The number of carbonyl (C=O) groups is 1. The predicted molar refractivity (Wildman–Crippen MR) is 140 cm³/mol. The first-order valence-electron chi connectivity index (χ1n) is 12.4. The van der Waals surface area contributed by atoms with Gasteiger partial charge in [0, 0.05) is 48.7 Å². The number of fused-ring (bicyclic) bond motifs is 3. The molecule has 37 heavy (non-hydrogen) atoms. The Bertz CT molecular complexity index is 1670. The van der Waals surface area contributed by atoms with Crippen LogP contribution in [0.3, 0.4) is 0 Å². The standard InChI is InChI=1S/C29H25N5O3/c1-34-11-9-17-2-3-18(14-24(17)34)23-15-31-28(32-23)20-12-19-13-21(4-6-25(19)36-16-20)37-26-8-10-30-29-22(26)5-7-27(35)33-29/h2-4,6,8-11,13-15,20H,5,7,12,16H2,1H3,(H,31,32)(H,30,33,35). The Morgan fingerprint density at radius 3 is 3.00 bits per heavy atom. The van der Waals surface area contributed by atoms with Crippen molar-refractivity contribution in [3.8, 4) is 28.5 Å². The van der Waals surface area contributed by atoms with Crippen LogP contribution in [0.4, 0.5) is 5.82 Å². The molecular weight excluding hydrogens is 466 g/mol. The molecule has 0 spiro atoms. The molecule has 5 aromatic rings. The summed E-state index contributed by atoms with van der Waals surface area (Å²) in [6.07, 6.45) is 7.53. The van der Waals surface area contributed by atoms with Crippen LogP contribution in [0.2, 0.25) is 0 Å². The lowest BCUT2D eigenvalue weighted by atomic mass is 9.96. The number of pyridine rings is 1. The first-order chi connectivity index (χ1) is 18.1. The highest BCUT2D eigenvalue weighted by molar-refractivity contribution is 5.93. The van der Waals surface area contributed by atoms with Crippen LogP contribution in [0.15, 0.2) is 67.1 Å². The maximum absolute atomic E-state index is 11.7. The van der Waals surface area contributed by atoms with Crippen molar-refractivity contribution in [1.29, 1.82) is 0 Å². The summed E-state index contributed by atoms with van der Waals surface area (Å²) in [6.45, 7) is 0.564. The third-order valence-electron chi connectivity index (χ3n) is 7.21. The number of anilines is 1. The van der Waals surface area contributed by atoms with Gasteiger partial charge in [-0.05, 0) is 60.2 Å². The van der Waals surface area contributed by atoms with Crippen LogP contribution < -0.4 is 14.8 Å². The summed E-state index contributed by atoms with van der Waals surface area (Å²) in [7, 11) is 2.05. The minimum absolute atomic E-state index is 0.0178. The number of amides is 1. The number of hydrogen-bond acceptors (Lipinski definition) is 5. The molecular formula is C29H25N5O3. The van der Waals surface area contributed by atoms with Gasteiger partial charge in [-0.2, -0.15) is 0 Å². The monoisotopic (exact) mass is 491 g/mol. The summed E-state index contributed by atoms with van der Waals surface area (Å²) in [5.74, 6) is 3.89. The van der Waals surface area contributed by atoms with Crippen molar-refractivity contribution in [2.75, 3.05) is 11.9 Å². The molecule has 0 bridgehead atoms. The Labute approximate surface area is 213 Å². The van der Waals surface area contributed by atoms with Crippen LogP contribution in [0.1, 0.15) is 29.3 Å². The third kappa shape index (κ3) is 3.91. The average molecular weight is 492 g/mol. The van der Waals surface area contributed by atoms with Crippen molar-refractivity contribution in [1.82, 2.24) is 19.5 Å². The van der Waals surface area contributed by atoms with E-state index in [0.29, 0.717) is 31.0 Å². The molecule has 184 valence electrons. The van der Waals surface area contributed by atoms with Gasteiger partial charge in [0.25, 0.3) is 0 Å². The van der Waals surface area contributed by atoms with Crippen LogP contribution in [0, 0.1) is 0 Å². The second kappa shape index (κ2) is 8.51. The molecule has 8 nitrogen and oxygen atoms in total. The predicted octanol–water partition coefficient (Wildman–Crippen LogP) is 5.36. The molecule has 3 aromatic heterocycles. The SMILES string of the molecule is Cn1ccc2ccc(-c3c[nH]c(C4COc5ccc(Oc6ccnc7c6CCC(=O)N7)cc5C4)n3)cc21. The number of imidazole rings is 1. The first kappa shape index (κ1) is 21.7. The van der Waals surface area contributed by atoms with Gasteiger partial charge in [0.2, 0.25) is 5.91 Å². The van der Waals surface area contributed by atoms with Crippen molar-refractivity contribution >= 4 is 22.6 Å². The summed E-state index contributed by atoms with van der Waals surface area (Å²) in [4.78, 5) is 24.3. The Morgan fingerprint density at radius 1 is 1.11 bits per heavy atom. The lowest BCUT2D eigenvalue weighted by molar-refractivity contribution is -0.116. The Balaban J connectivity index is 1.12. The van der Waals surface area contributed by atoms with Crippen molar-refractivity contribution in [2.45, 2.75) is 25.2 Å². The Morgan fingerprint density at radius 2 is 2.05 bits per heavy atom. The topological polar surface area (TPSA) is 94.1 Å². The van der Waals surface area contributed by atoms with E-state index in [1.54, 1.807) is 6.20 Å². The number of nitrogens with one attached hydrogen (secondary N) is 2. The van der Waals surface area contributed by atoms with E-state index in [0.717, 1.165) is 46.1 Å². The quantitative estimate of drug-likeness (QED) is 0.353. The zero-order valence-corrected chi connectivity index (χ0v) is 20.3. The van der Waals surface area contributed by atoms with Gasteiger partial charge in [-0.25, -0.2) is 9.97 Å². The van der Waals surface area contributed by atoms with E-state index in [9.17, 15) is 4.79 Å². The third-order valence-corrected chi connectivity index (χ3v) is 7.21. The molecule has 2 N–H and O–H groups in total. The molecule has 5 heterocycles. The van der Waals surface area contributed by atoms with Crippen LogP contribution >= 0.6 is 0 Å². The van der Waals surface area contributed by atoms with Crippen molar-refractivity contribution in [3.63, 3.8) is 0 Å². The van der Waals surface area contributed by atoms with E-state index in [-0.39, 0.29) is 11.8 Å². The summed E-state index contributed by atoms with van der Waals surface area (Å²) in [5.41, 5.74) is 5.19. The number of rotatable bonds is 4. The molecule has 1 amide bonds. The highest BCUT2D eigenvalue weighted by Gasteiger charge is 2.25. The normalized spacial score (nSPS) is 16.6. The maximum Gasteiger partial charge on any atom is 0.225 e. The summed E-state index contributed by atoms with van der Waals surface area (Å²) in [5, 5.41) is 4.04. The van der Waals surface area contributed by atoms with Crippen LogP contribution in [-0.2, 0) is 24.7 Å². The molecule has 0 aliphatic carbocycles. The molecule has 7 rings (SSSR count). The zero-order chi connectivity index (χ0) is 24.9. The van der Waals surface area contributed by atoms with Gasteiger partial charge in [-0.1, -0.05) is 12.1 Å². The molecule has 2 aliphatic rings. The highest BCUT2D eigenvalue weighted by Crippen LogP contribution is 2.38. The van der Waals surface area contributed by atoms with Crippen molar-refractivity contribution < 1.29 is 14.3 Å². The molecule has 0 saturated carbocycles. The number of H-pyrrole nitrogens is 1. The zero-order valence-electron chi connectivity index (χ0n) is 20.3. The highest BCUT2D eigenvalue weighted by atomic mass is 16.5. The summed E-state index contributed by atoms with van der Waals surface area (Å²) in [6, 6.07) is 16.3. The van der Waals surface area contributed by atoms with E-state index < -0.39 is 0 Å². The van der Waals surface area contributed by atoms with E-state index in [1.807, 2.05) is 30.5 Å². The number of nitrogens with zero attached hydrogens (tertiary/aromatic N) is 3.